The number of hydrogen-bond acceptors (Lipinski definition) is 4. The summed E-state index contributed by atoms with van der Waals surface area (Å²) in [6, 6.07) is 0. The lowest BCUT2D eigenvalue weighted by Crippen LogP contribution is -2.25. The van der Waals surface area contributed by atoms with Crippen molar-refractivity contribution in [3.8, 4) is 0 Å². The van der Waals surface area contributed by atoms with E-state index in [0.717, 1.165) is 6.54 Å². The van der Waals surface area contributed by atoms with Gasteiger partial charge in [0.15, 0.2) is 0 Å². The highest BCUT2D eigenvalue weighted by atomic mass is 32.2. The topological polar surface area (TPSA) is 92.7 Å². The van der Waals surface area contributed by atoms with Gasteiger partial charge in [-0.2, -0.15) is 5.10 Å². The maximum atomic E-state index is 11.9. The average Bonchev–Trinajstić information content (AvgIpc) is 2.95. The van der Waals surface area contributed by atoms with Crippen molar-refractivity contribution in [3.05, 3.63) is 30.6 Å². The molecule has 8 heteroatoms. The number of aromatic nitrogens is 4. The first kappa shape index (κ1) is 12.8. The number of imidazole rings is 1. The minimum atomic E-state index is -3.46. The Morgan fingerprint density at radius 1 is 1.50 bits per heavy atom. The van der Waals surface area contributed by atoms with Gasteiger partial charge in [-0.25, -0.2) is 18.1 Å². The molecule has 0 unspecified atom stereocenters. The fraction of sp³-hybridized carbons (Fsp3) is 0.400. The Balaban J connectivity index is 1.85. The van der Waals surface area contributed by atoms with Gasteiger partial charge in [0.05, 0.1) is 18.2 Å². The zero-order valence-corrected chi connectivity index (χ0v) is 10.8. The number of nitrogens with one attached hydrogen (secondary N) is 2. The highest BCUT2D eigenvalue weighted by molar-refractivity contribution is 7.89. The van der Waals surface area contributed by atoms with Crippen LogP contribution in [0.15, 0.2) is 29.8 Å². The molecule has 0 saturated heterocycles. The Labute approximate surface area is 105 Å². The molecule has 0 amide bonds. The molecule has 2 N–H and O–H groups in total. The Morgan fingerprint density at radius 3 is 2.94 bits per heavy atom. The van der Waals surface area contributed by atoms with Gasteiger partial charge in [0.2, 0.25) is 10.0 Å². The highest BCUT2D eigenvalue weighted by Crippen LogP contribution is 2.10. The Bertz CT molecular complexity index is 588. The Kier molecular flexibility index (Phi) is 3.78. The third kappa shape index (κ3) is 2.96. The van der Waals surface area contributed by atoms with Gasteiger partial charge in [-0.1, -0.05) is 0 Å². The van der Waals surface area contributed by atoms with E-state index in [9.17, 15) is 8.42 Å². The van der Waals surface area contributed by atoms with Crippen molar-refractivity contribution in [3.63, 3.8) is 0 Å². The van der Waals surface area contributed by atoms with Crippen LogP contribution in [0.5, 0.6) is 0 Å². The van der Waals surface area contributed by atoms with Crippen molar-refractivity contribution in [1.29, 1.82) is 0 Å². The zero-order chi connectivity index (χ0) is 13.0. The van der Waals surface area contributed by atoms with Crippen LogP contribution in [-0.2, 0) is 16.6 Å². The predicted molar refractivity (Wildman–Crippen MR) is 65.4 cm³/mol. The molecular weight excluding hydrogens is 254 g/mol. The molecule has 0 aliphatic rings. The molecule has 2 rings (SSSR count). The van der Waals surface area contributed by atoms with Gasteiger partial charge in [-0.15, -0.1) is 0 Å². The first-order valence-corrected chi connectivity index (χ1v) is 7.03. The van der Waals surface area contributed by atoms with E-state index in [1.807, 2.05) is 10.8 Å². The standard InChI is InChI=1S/C10H15N5O2S/c1-9-10(7-12-14-9)18(16,17)13-3-2-5-15-6-4-11-8-15/h4,6-8,13H,2-3,5H2,1H3,(H,12,14). The molecule has 0 aliphatic heterocycles. The zero-order valence-electron chi connectivity index (χ0n) is 10.00. The summed E-state index contributed by atoms with van der Waals surface area (Å²) in [5, 5.41) is 6.31. The van der Waals surface area contributed by atoms with Crippen LogP contribution in [0.3, 0.4) is 0 Å². The van der Waals surface area contributed by atoms with Crippen LogP contribution in [-0.4, -0.2) is 34.7 Å². The lowest BCUT2D eigenvalue weighted by Gasteiger charge is -2.06. The first-order chi connectivity index (χ1) is 8.59. The van der Waals surface area contributed by atoms with E-state index in [1.165, 1.54) is 6.20 Å². The summed E-state index contributed by atoms with van der Waals surface area (Å²) in [7, 11) is -3.46. The molecule has 0 bridgehead atoms. The quantitative estimate of drug-likeness (QED) is 0.737. The van der Waals surface area contributed by atoms with Gasteiger partial charge in [-0.05, 0) is 13.3 Å². The third-order valence-corrected chi connectivity index (χ3v) is 4.09. The minimum absolute atomic E-state index is 0.199. The van der Waals surface area contributed by atoms with Crippen molar-refractivity contribution in [1.82, 2.24) is 24.5 Å². The molecule has 0 aliphatic carbocycles. The number of rotatable bonds is 6. The van der Waals surface area contributed by atoms with Crippen LogP contribution >= 0.6 is 0 Å². The number of sulfonamides is 1. The summed E-state index contributed by atoms with van der Waals surface area (Å²) < 4.78 is 28.2. The molecule has 0 spiro atoms. The number of nitrogens with zero attached hydrogens (tertiary/aromatic N) is 3. The van der Waals surface area contributed by atoms with Crippen molar-refractivity contribution < 1.29 is 8.42 Å². The van der Waals surface area contributed by atoms with E-state index in [-0.39, 0.29) is 4.90 Å². The van der Waals surface area contributed by atoms with E-state index < -0.39 is 10.0 Å². The van der Waals surface area contributed by atoms with E-state index >= 15 is 0 Å². The van der Waals surface area contributed by atoms with Crippen molar-refractivity contribution in [2.75, 3.05) is 6.54 Å². The summed E-state index contributed by atoms with van der Waals surface area (Å²) in [4.78, 5) is 4.11. The molecule has 2 heterocycles. The predicted octanol–water partition coefficient (Wildman–Crippen LogP) is 0.283. The second-order valence-electron chi connectivity index (χ2n) is 3.91. The lowest BCUT2D eigenvalue weighted by molar-refractivity contribution is 0.569. The maximum Gasteiger partial charge on any atom is 0.243 e. The molecule has 18 heavy (non-hydrogen) atoms. The van der Waals surface area contributed by atoms with Gasteiger partial charge in [-0.3, -0.25) is 5.10 Å². The van der Waals surface area contributed by atoms with Gasteiger partial charge in [0.25, 0.3) is 0 Å². The molecule has 0 saturated carbocycles. The number of H-pyrrole nitrogens is 1. The molecule has 2 aromatic rings. The Morgan fingerprint density at radius 2 is 2.33 bits per heavy atom. The second kappa shape index (κ2) is 5.32. The average molecular weight is 269 g/mol. The minimum Gasteiger partial charge on any atom is -0.337 e. The fourth-order valence-corrected chi connectivity index (χ4v) is 2.78. The number of hydrogen-bond donors (Lipinski definition) is 2. The largest absolute Gasteiger partial charge is 0.337 e. The number of aryl methyl sites for hydroxylation is 2. The van der Waals surface area contributed by atoms with Crippen LogP contribution in [0.25, 0.3) is 0 Å². The molecule has 2 aromatic heterocycles. The molecule has 0 aromatic carbocycles. The molecule has 98 valence electrons. The molecule has 0 atom stereocenters. The summed E-state index contributed by atoms with van der Waals surface area (Å²) in [5.41, 5.74) is 0.539. The maximum absolute atomic E-state index is 11.9. The molecule has 7 nitrogen and oxygen atoms in total. The summed E-state index contributed by atoms with van der Waals surface area (Å²) >= 11 is 0. The van der Waals surface area contributed by atoms with Crippen LogP contribution in [0, 0.1) is 6.92 Å². The Hall–Kier alpha value is -1.67. The third-order valence-electron chi connectivity index (χ3n) is 2.52. The lowest BCUT2D eigenvalue weighted by atomic mass is 10.4. The SMILES string of the molecule is Cc1[nH]ncc1S(=O)(=O)NCCCn1ccnc1. The van der Waals surface area contributed by atoms with Crippen LogP contribution < -0.4 is 4.72 Å². The first-order valence-electron chi connectivity index (χ1n) is 5.55. The second-order valence-corrected chi connectivity index (χ2v) is 5.65. The molecular formula is C10H15N5O2S. The van der Waals surface area contributed by atoms with E-state index in [1.54, 1.807) is 19.4 Å². The van der Waals surface area contributed by atoms with Gasteiger partial charge in [0.1, 0.15) is 4.90 Å². The van der Waals surface area contributed by atoms with Crippen LogP contribution in [0.4, 0.5) is 0 Å². The van der Waals surface area contributed by atoms with Gasteiger partial charge >= 0.3 is 0 Å². The van der Waals surface area contributed by atoms with E-state index in [4.69, 9.17) is 0 Å². The van der Waals surface area contributed by atoms with Crippen molar-refractivity contribution >= 4 is 10.0 Å². The summed E-state index contributed by atoms with van der Waals surface area (Å²) in [5.74, 6) is 0. The fourth-order valence-electron chi connectivity index (χ4n) is 1.58. The summed E-state index contributed by atoms with van der Waals surface area (Å²) in [6.07, 6.45) is 7.25. The monoisotopic (exact) mass is 269 g/mol. The van der Waals surface area contributed by atoms with Crippen LogP contribution in [0.1, 0.15) is 12.1 Å². The van der Waals surface area contributed by atoms with E-state index in [2.05, 4.69) is 19.9 Å². The normalized spacial score (nSPS) is 11.8. The van der Waals surface area contributed by atoms with Gasteiger partial charge in [0, 0.05) is 25.5 Å². The van der Waals surface area contributed by atoms with Crippen molar-refractivity contribution in [2.45, 2.75) is 24.8 Å². The van der Waals surface area contributed by atoms with Gasteiger partial charge < -0.3 is 4.57 Å². The molecule has 0 radical (unpaired) electrons. The van der Waals surface area contributed by atoms with Crippen molar-refractivity contribution in [2.24, 2.45) is 0 Å². The number of aromatic amines is 1. The smallest absolute Gasteiger partial charge is 0.243 e. The molecule has 0 fully saturated rings. The van der Waals surface area contributed by atoms with Crippen LogP contribution in [0.2, 0.25) is 0 Å². The highest BCUT2D eigenvalue weighted by Gasteiger charge is 2.17. The van der Waals surface area contributed by atoms with E-state index in [0.29, 0.717) is 18.7 Å². The summed E-state index contributed by atoms with van der Waals surface area (Å²) in [6.45, 7) is 2.78.